The summed E-state index contributed by atoms with van der Waals surface area (Å²) >= 11 is 0. The van der Waals surface area contributed by atoms with Gasteiger partial charge in [0.25, 0.3) is 0 Å². The van der Waals surface area contributed by atoms with E-state index < -0.39 is 0 Å². The number of aromatic nitrogens is 2. The molecule has 0 saturated carbocycles. The van der Waals surface area contributed by atoms with Gasteiger partial charge in [0.15, 0.2) is 0 Å². The largest absolute Gasteiger partial charge is 3.00 e. The number of hydrogen-bond acceptors (Lipinski definition) is 2. The average molecular weight is 323 g/mol. The fourth-order valence-corrected chi connectivity index (χ4v) is 0.625. The van der Waals surface area contributed by atoms with Gasteiger partial charge in [-0.2, -0.15) is 0 Å². The van der Waals surface area contributed by atoms with Crippen molar-refractivity contribution in [3.63, 3.8) is 0 Å². The molecule has 0 N–H and O–H groups in total. The van der Waals surface area contributed by atoms with Crippen molar-refractivity contribution in [2.45, 2.75) is 0 Å². The summed E-state index contributed by atoms with van der Waals surface area (Å²) in [5.74, 6) is 0. The molecule has 3 heteroatoms. The van der Waals surface area contributed by atoms with Crippen LogP contribution in [0.25, 0.3) is 0 Å². The first-order valence-electron chi connectivity index (χ1n) is 3.70. The topological polar surface area (TPSA) is 25.8 Å². The summed E-state index contributed by atoms with van der Waals surface area (Å²) < 4.78 is 0. The summed E-state index contributed by atoms with van der Waals surface area (Å²) in [6.07, 6.45) is 7.00. The molecule has 2 heterocycles. The minimum Gasteiger partial charge on any atom is -0.265 e. The molecule has 0 fully saturated rings. The zero-order valence-electron chi connectivity index (χ0n) is 6.97. The molecule has 0 atom stereocenters. The van der Waals surface area contributed by atoms with Crippen LogP contribution >= 0.6 is 0 Å². The molecule has 0 amide bonds. The number of nitrogens with zero attached hydrogens (tertiary/aromatic N) is 2. The molecule has 13 heavy (non-hydrogen) atoms. The normalized spacial score (nSPS) is 7.38. The van der Waals surface area contributed by atoms with Gasteiger partial charge in [0, 0.05) is 24.8 Å². The summed E-state index contributed by atoms with van der Waals surface area (Å²) in [5, 5.41) is 0. The Kier molecular flexibility index (Phi) is 9.32. The summed E-state index contributed by atoms with van der Waals surface area (Å²) in [4.78, 5) is 7.57. The van der Waals surface area contributed by atoms with Gasteiger partial charge in [0.2, 0.25) is 0 Å². The van der Waals surface area contributed by atoms with Gasteiger partial charge in [0.05, 0.1) is 0 Å². The first-order chi connectivity index (χ1) is 6.00. The second-order valence-electron chi connectivity index (χ2n) is 2.05. The van der Waals surface area contributed by atoms with Crippen molar-refractivity contribution in [1.82, 2.24) is 9.97 Å². The van der Waals surface area contributed by atoms with E-state index in [4.69, 9.17) is 0 Å². The molecular formula is C10H10HoN2+3. The van der Waals surface area contributed by atoms with E-state index in [-0.39, 0.29) is 37.7 Å². The van der Waals surface area contributed by atoms with Crippen LogP contribution in [0.1, 0.15) is 0 Å². The fraction of sp³-hybridized carbons (Fsp3) is 0. The predicted molar refractivity (Wildman–Crippen MR) is 48.5 cm³/mol. The van der Waals surface area contributed by atoms with Crippen LogP contribution in [0.2, 0.25) is 0 Å². The van der Waals surface area contributed by atoms with Crippen LogP contribution < -0.4 is 0 Å². The van der Waals surface area contributed by atoms with Crippen LogP contribution in [0.4, 0.5) is 0 Å². The molecule has 0 radical (unpaired) electrons. The van der Waals surface area contributed by atoms with Crippen LogP contribution in [0, 0.1) is 37.7 Å². The Morgan fingerprint density at radius 2 is 0.769 bits per heavy atom. The SMILES string of the molecule is [Ho+3].c1ccncc1.c1ccncc1. The van der Waals surface area contributed by atoms with E-state index in [9.17, 15) is 0 Å². The molecule has 0 aromatic carbocycles. The molecule has 0 unspecified atom stereocenters. The quantitative estimate of drug-likeness (QED) is 0.695. The van der Waals surface area contributed by atoms with Crippen LogP contribution in [-0.2, 0) is 0 Å². The van der Waals surface area contributed by atoms with Gasteiger partial charge in [-0.05, 0) is 24.3 Å². The average Bonchev–Trinajstić information content (AvgIpc) is 2.24. The Morgan fingerprint density at radius 1 is 0.462 bits per heavy atom. The summed E-state index contributed by atoms with van der Waals surface area (Å²) in [6.45, 7) is 0. The Morgan fingerprint density at radius 3 is 0.846 bits per heavy atom. The molecule has 2 aromatic heterocycles. The first kappa shape index (κ1) is 12.6. The molecule has 0 spiro atoms. The molecule has 0 aliphatic heterocycles. The maximum Gasteiger partial charge on any atom is 3.00 e. The molecule has 68 valence electrons. The number of hydrogen-bond donors (Lipinski definition) is 0. The predicted octanol–water partition coefficient (Wildman–Crippen LogP) is 2.16. The van der Waals surface area contributed by atoms with E-state index in [1.807, 2.05) is 36.4 Å². The maximum absolute atomic E-state index is 3.78. The Balaban J connectivity index is 0.000000206. The van der Waals surface area contributed by atoms with Gasteiger partial charge in [-0.25, -0.2) is 0 Å². The van der Waals surface area contributed by atoms with Gasteiger partial charge < -0.3 is 0 Å². The second-order valence-corrected chi connectivity index (χ2v) is 2.05. The van der Waals surface area contributed by atoms with Crippen LogP contribution in [0.15, 0.2) is 61.2 Å². The Hall–Kier alpha value is -0.440. The zero-order chi connectivity index (χ0) is 8.49. The standard InChI is InChI=1S/2C5H5N.Ho/c2*1-2-4-6-5-3-1;/h2*1-5H;/q;;+3. The molecule has 2 rings (SSSR count). The van der Waals surface area contributed by atoms with E-state index in [1.165, 1.54) is 0 Å². The second kappa shape index (κ2) is 9.65. The van der Waals surface area contributed by atoms with Crippen molar-refractivity contribution >= 4 is 0 Å². The van der Waals surface area contributed by atoms with Crippen LogP contribution in [0.3, 0.4) is 0 Å². The van der Waals surface area contributed by atoms with Crippen molar-refractivity contribution < 1.29 is 37.7 Å². The fourth-order valence-electron chi connectivity index (χ4n) is 0.625. The molecule has 2 aromatic rings. The van der Waals surface area contributed by atoms with E-state index in [2.05, 4.69) is 9.97 Å². The van der Waals surface area contributed by atoms with Gasteiger partial charge in [-0.15, -0.1) is 0 Å². The molecule has 0 aliphatic carbocycles. The summed E-state index contributed by atoms with van der Waals surface area (Å²) in [5.41, 5.74) is 0. The number of pyridine rings is 2. The summed E-state index contributed by atoms with van der Waals surface area (Å²) in [6, 6.07) is 11.4. The maximum atomic E-state index is 3.78. The van der Waals surface area contributed by atoms with Crippen molar-refractivity contribution in [2.24, 2.45) is 0 Å². The van der Waals surface area contributed by atoms with Crippen molar-refractivity contribution in [3.05, 3.63) is 61.2 Å². The van der Waals surface area contributed by atoms with E-state index in [1.54, 1.807) is 24.8 Å². The van der Waals surface area contributed by atoms with Crippen LogP contribution in [-0.4, -0.2) is 9.97 Å². The first-order valence-corrected chi connectivity index (χ1v) is 3.70. The molecular weight excluding hydrogens is 313 g/mol. The number of rotatable bonds is 0. The van der Waals surface area contributed by atoms with Gasteiger partial charge in [-0.1, -0.05) is 12.1 Å². The third-order valence-corrected chi connectivity index (χ3v) is 1.13. The van der Waals surface area contributed by atoms with Crippen LogP contribution in [0.5, 0.6) is 0 Å². The molecule has 0 aliphatic rings. The van der Waals surface area contributed by atoms with E-state index >= 15 is 0 Å². The minimum atomic E-state index is 0. The Labute approximate surface area is 108 Å². The molecule has 2 nitrogen and oxygen atoms in total. The molecule has 0 bridgehead atoms. The van der Waals surface area contributed by atoms with Gasteiger partial charge in [-0.3, -0.25) is 9.97 Å². The van der Waals surface area contributed by atoms with E-state index in [0.717, 1.165) is 0 Å². The monoisotopic (exact) mass is 323 g/mol. The third-order valence-electron chi connectivity index (χ3n) is 1.13. The Bertz CT molecular complexity index is 188. The summed E-state index contributed by atoms with van der Waals surface area (Å²) in [7, 11) is 0. The van der Waals surface area contributed by atoms with Crippen molar-refractivity contribution in [3.8, 4) is 0 Å². The van der Waals surface area contributed by atoms with Crippen molar-refractivity contribution in [1.29, 1.82) is 0 Å². The zero-order valence-corrected chi connectivity index (χ0v) is 8.90. The third kappa shape index (κ3) is 7.91. The van der Waals surface area contributed by atoms with Gasteiger partial charge >= 0.3 is 37.7 Å². The molecule has 0 saturated heterocycles. The smallest absolute Gasteiger partial charge is 0.265 e. The minimum absolute atomic E-state index is 0. The van der Waals surface area contributed by atoms with E-state index in [0.29, 0.717) is 0 Å². The van der Waals surface area contributed by atoms with Gasteiger partial charge in [0.1, 0.15) is 0 Å². The van der Waals surface area contributed by atoms with Crippen molar-refractivity contribution in [2.75, 3.05) is 0 Å².